The van der Waals surface area contributed by atoms with E-state index in [4.69, 9.17) is 4.74 Å². The summed E-state index contributed by atoms with van der Waals surface area (Å²) in [5, 5.41) is 1.07. The lowest BCUT2D eigenvalue weighted by molar-refractivity contribution is 0.102. The second-order valence-electron chi connectivity index (χ2n) is 6.47. The van der Waals surface area contributed by atoms with Gasteiger partial charge in [-0.15, -0.1) is 0 Å². The standard InChI is InChI=1S/C19H24N2O2/c1-3-14(2)17-8-9-21(12-17)19(22)23-13-15-10-16-6-4-5-7-18(16)20-11-15/h4-7,10-11,14,17H,3,8-9,12-13H2,1-2H3. The van der Waals surface area contributed by atoms with E-state index >= 15 is 0 Å². The van der Waals surface area contributed by atoms with Crippen molar-refractivity contribution in [3.05, 3.63) is 42.1 Å². The number of amides is 1. The first-order valence-electron chi connectivity index (χ1n) is 8.42. The minimum atomic E-state index is -0.205. The number of benzene rings is 1. The predicted octanol–water partition coefficient (Wildman–Crippen LogP) is 4.24. The Morgan fingerprint density at radius 1 is 1.43 bits per heavy atom. The van der Waals surface area contributed by atoms with E-state index in [0.717, 1.165) is 42.4 Å². The number of carbonyl (C=O) groups is 1. The van der Waals surface area contributed by atoms with Crippen LogP contribution < -0.4 is 0 Å². The van der Waals surface area contributed by atoms with Crippen molar-refractivity contribution in [1.29, 1.82) is 0 Å². The smallest absolute Gasteiger partial charge is 0.410 e. The Bertz CT molecular complexity index is 686. The van der Waals surface area contributed by atoms with Crippen LogP contribution in [0.2, 0.25) is 0 Å². The molecule has 2 aromatic rings. The van der Waals surface area contributed by atoms with E-state index in [1.807, 2.05) is 35.2 Å². The van der Waals surface area contributed by atoms with Crippen LogP contribution in [0, 0.1) is 11.8 Å². The van der Waals surface area contributed by atoms with Gasteiger partial charge in [-0.05, 0) is 30.4 Å². The summed E-state index contributed by atoms with van der Waals surface area (Å²) in [5.41, 5.74) is 1.88. The maximum Gasteiger partial charge on any atom is 0.410 e. The molecule has 1 aromatic heterocycles. The van der Waals surface area contributed by atoms with Gasteiger partial charge in [0.25, 0.3) is 0 Å². The van der Waals surface area contributed by atoms with Gasteiger partial charge < -0.3 is 9.64 Å². The first-order chi connectivity index (χ1) is 11.2. The summed E-state index contributed by atoms with van der Waals surface area (Å²) in [6.45, 7) is 6.38. The number of pyridine rings is 1. The zero-order chi connectivity index (χ0) is 16.2. The fourth-order valence-corrected chi connectivity index (χ4v) is 3.18. The second kappa shape index (κ2) is 6.99. The van der Waals surface area contributed by atoms with Gasteiger partial charge in [0.2, 0.25) is 0 Å². The minimum absolute atomic E-state index is 0.205. The number of aromatic nitrogens is 1. The Kier molecular flexibility index (Phi) is 4.79. The number of carbonyl (C=O) groups excluding carboxylic acids is 1. The van der Waals surface area contributed by atoms with Crippen molar-refractivity contribution >= 4 is 17.0 Å². The third-order valence-corrected chi connectivity index (χ3v) is 4.94. The summed E-state index contributed by atoms with van der Waals surface area (Å²) in [7, 11) is 0. The SMILES string of the molecule is CCC(C)C1CCN(C(=O)OCc2cnc3ccccc3c2)C1. The maximum atomic E-state index is 12.2. The third kappa shape index (κ3) is 3.63. The molecule has 0 bridgehead atoms. The molecule has 1 aliphatic heterocycles. The van der Waals surface area contributed by atoms with Crippen molar-refractivity contribution < 1.29 is 9.53 Å². The molecule has 1 fully saturated rings. The maximum absolute atomic E-state index is 12.2. The van der Waals surface area contributed by atoms with Gasteiger partial charge in [0, 0.05) is 30.2 Å². The molecule has 2 heterocycles. The first-order valence-corrected chi connectivity index (χ1v) is 8.42. The summed E-state index contributed by atoms with van der Waals surface area (Å²) < 4.78 is 5.47. The summed E-state index contributed by atoms with van der Waals surface area (Å²) in [6.07, 6.45) is 3.82. The lowest BCUT2D eigenvalue weighted by atomic mass is 9.91. The molecule has 0 spiro atoms. The second-order valence-corrected chi connectivity index (χ2v) is 6.47. The van der Waals surface area contributed by atoms with Gasteiger partial charge in [0.1, 0.15) is 6.61 Å². The zero-order valence-electron chi connectivity index (χ0n) is 13.9. The molecule has 2 atom stereocenters. The van der Waals surface area contributed by atoms with Gasteiger partial charge in [-0.3, -0.25) is 4.98 Å². The van der Waals surface area contributed by atoms with Crippen LogP contribution in [0.4, 0.5) is 4.79 Å². The number of nitrogens with zero attached hydrogens (tertiary/aromatic N) is 2. The van der Waals surface area contributed by atoms with Crippen LogP contribution in [-0.4, -0.2) is 29.1 Å². The van der Waals surface area contributed by atoms with Crippen molar-refractivity contribution in [2.75, 3.05) is 13.1 Å². The van der Waals surface area contributed by atoms with Crippen LogP contribution in [0.1, 0.15) is 32.3 Å². The van der Waals surface area contributed by atoms with Gasteiger partial charge in [0.15, 0.2) is 0 Å². The average Bonchev–Trinajstić information content (AvgIpc) is 3.09. The molecular formula is C19H24N2O2. The molecule has 1 amide bonds. The zero-order valence-corrected chi connectivity index (χ0v) is 13.9. The Morgan fingerprint density at radius 3 is 3.09 bits per heavy atom. The Balaban J connectivity index is 1.56. The molecule has 2 unspecified atom stereocenters. The highest BCUT2D eigenvalue weighted by Gasteiger charge is 2.29. The lowest BCUT2D eigenvalue weighted by Gasteiger charge is -2.19. The Labute approximate surface area is 137 Å². The quantitative estimate of drug-likeness (QED) is 0.848. The van der Waals surface area contributed by atoms with Crippen LogP contribution in [0.25, 0.3) is 10.9 Å². The number of rotatable bonds is 4. The molecule has 4 nitrogen and oxygen atoms in total. The number of ether oxygens (including phenoxy) is 1. The van der Waals surface area contributed by atoms with Gasteiger partial charge in [-0.2, -0.15) is 0 Å². The number of hydrogen-bond acceptors (Lipinski definition) is 3. The first kappa shape index (κ1) is 15.8. The van der Waals surface area contributed by atoms with E-state index < -0.39 is 0 Å². The van der Waals surface area contributed by atoms with Gasteiger partial charge in [0.05, 0.1) is 5.52 Å². The van der Waals surface area contributed by atoms with E-state index in [0.29, 0.717) is 11.8 Å². The average molecular weight is 312 g/mol. The van der Waals surface area contributed by atoms with Crippen molar-refractivity contribution in [3.8, 4) is 0 Å². The molecule has 4 heteroatoms. The molecule has 1 aliphatic rings. The van der Waals surface area contributed by atoms with E-state index in [1.54, 1.807) is 6.20 Å². The third-order valence-electron chi connectivity index (χ3n) is 4.94. The Morgan fingerprint density at radius 2 is 2.26 bits per heavy atom. The summed E-state index contributed by atoms with van der Waals surface area (Å²) >= 11 is 0. The normalized spacial score (nSPS) is 19.0. The highest BCUT2D eigenvalue weighted by Crippen LogP contribution is 2.26. The predicted molar refractivity (Wildman–Crippen MR) is 91.1 cm³/mol. The van der Waals surface area contributed by atoms with E-state index in [9.17, 15) is 4.79 Å². The number of hydrogen-bond donors (Lipinski definition) is 0. The topological polar surface area (TPSA) is 42.4 Å². The molecule has 122 valence electrons. The fraction of sp³-hybridized carbons (Fsp3) is 0.474. The van der Waals surface area contributed by atoms with Crippen molar-refractivity contribution in [2.45, 2.75) is 33.3 Å². The molecule has 0 radical (unpaired) electrons. The molecule has 0 aliphatic carbocycles. The van der Waals surface area contributed by atoms with E-state index in [-0.39, 0.29) is 12.7 Å². The van der Waals surface area contributed by atoms with Crippen LogP contribution in [-0.2, 0) is 11.3 Å². The monoisotopic (exact) mass is 312 g/mol. The number of likely N-dealkylation sites (tertiary alicyclic amines) is 1. The molecule has 1 aromatic carbocycles. The number of fused-ring (bicyclic) bond motifs is 1. The molecule has 0 saturated carbocycles. The van der Waals surface area contributed by atoms with Crippen LogP contribution >= 0.6 is 0 Å². The van der Waals surface area contributed by atoms with Crippen molar-refractivity contribution in [2.24, 2.45) is 11.8 Å². The molecule has 3 rings (SSSR count). The highest BCUT2D eigenvalue weighted by atomic mass is 16.6. The van der Waals surface area contributed by atoms with Gasteiger partial charge in [-0.1, -0.05) is 38.5 Å². The van der Waals surface area contributed by atoms with Crippen LogP contribution in [0.3, 0.4) is 0 Å². The molecule has 23 heavy (non-hydrogen) atoms. The molecule has 1 saturated heterocycles. The van der Waals surface area contributed by atoms with Crippen molar-refractivity contribution in [3.63, 3.8) is 0 Å². The van der Waals surface area contributed by atoms with E-state index in [2.05, 4.69) is 18.8 Å². The number of para-hydroxylation sites is 1. The van der Waals surface area contributed by atoms with Gasteiger partial charge in [-0.25, -0.2) is 4.79 Å². The minimum Gasteiger partial charge on any atom is -0.444 e. The van der Waals surface area contributed by atoms with Crippen molar-refractivity contribution in [1.82, 2.24) is 9.88 Å². The highest BCUT2D eigenvalue weighted by molar-refractivity contribution is 5.78. The summed E-state index contributed by atoms with van der Waals surface area (Å²) in [6, 6.07) is 9.98. The summed E-state index contributed by atoms with van der Waals surface area (Å²) in [5.74, 6) is 1.27. The molecule has 0 N–H and O–H groups in total. The lowest BCUT2D eigenvalue weighted by Crippen LogP contribution is -2.30. The largest absolute Gasteiger partial charge is 0.444 e. The van der Waals surface area contributed by atoms with Crippen LogP contribution in [0.5, 0.6) is 0 Å². The van der Waals surface area contributed by atoms with E-state index in [1.165, 1.54) is 0 Å². The fourth-order valence-electron chi connectivity index (χ4n) is 3.18. The van der Waals surface area contributed by atoms with Gasteiger partial charge >= 0.3 is 6.09 Å². The summed E-state index contributed by atoms with van der Waals surface area (Å²) in [4.78, 5) is 18.5. The Hall–Kier alpha value is -2.10. The van der Waals surface area contributed by atoms with Crippen LogP contribution in [0.15, 0.2) is 36.5 Å². The molecular weight excluding hydrogens is 288 g/mol.